The molecule has 0 aliphatic rings. The smallest absolute Gasteiger partial charge is 0.308 e. The third kappa shape index (κ3) is 5.86. The van der Waals surface area contributed by atoms with E-state index in [1.807, 2.05) is 0 Å². The maximum Gasteiger partial charge on any atom is 0.308 e. The Morgan fingerprint density at radius 1 is 1.35 bits per heavy atom. The van der Waals surface area contributed by atoms with Crippen LogP contribution in [0.2, 0.25) is 0 Å². The van der Waals surface area contributed by atoms with Crippen LogP contribution in [0.15, 0.2) is 17.3 Å². The summed E-state index contributed by atoms with van der Waals surface area (Å²) in [4.78, 5) is 26.2. The van der Waals surface area contributed by atoms with E-state index >= 15 is 0 Å². The first-order valence-electron chi connectivity index (χ1n) is 6.17. The molecule has 0 heterocycles. The van der Waals surface area contributed by atoms with Gasteiger partial charge in [-0.25, -0.2) is 0 Å². The number of Topliss-reactive ketones (excluding diaryl/α,β-unsaturated/α-hetero) is 1. The molecule has 0 rings (SSSR count). The average Bonchev–Trinajstić information content (AvgIpc) is 2.36. The molecule has 0 amide bonds. The summed E-state index contributed by atoms with van der Waals surface area (Å²) in [6, 6.07) is 0. The molecule has 1 atom stereocenters. The highest BCUT2D eigenvalue weighted by molar-refractivity contribution is 5.94. The fraction of sp³-hybridized carbons (Fsp3) is 0.692. The third-order valence-corrected chi connectivity index (χ3v) is 2.64. The Morgan fingerprint density at radius 2 is 1.95 bits per heavy atom. The number of rotatable bonds is 7. The fourth-order valence-electron chi connectivity index (χ4n) is 1.69. The monoisotopic (exact) mass is 283 g/mol. The zero-order chi connectivity index (χ0) is 15.8. The lowest BCUT2D eigenvalue weighted by Crippen LogP contribution is -2.46. The molecule has 112 valence electrons. The molecule has 0 aromatic carbocycles. The zero-order valence-corrected chi connectivity index (χ0v) is 12.3. The van der Waals surface area contributed by atoms with Crippen LogP contribution in [0.1, 0.15) is 33.6 Å². The van der Waals surface area contributed by atoms with E-state index in [-0.39, 0.29) is 13.0 Å². The van der Waals surface area contributed by atoms with Crippen molar-refractivity contribution in [2.75, 3.05) is 13.7 Å². The van der Waals surface area contributed by atoms with Gasteiger partial charge in [0, 0.05) is 23.3 Å². The molecule has 0 aromatic heterocycles. The molecule has 0 radical (unpaired) electrons. The average molecular weight is 283 g/mol. The van der Waals surface area contributed by atoms with Crippen molar-refractivity contribution in [2.24, 2.45) is 10.5 Å². The molecule has 7 heteroatoms. The second-order valence-electron chi connectivity index (χ2n) is 5.45. The summed E-state index contributed by atoms with van der Waals surface area (Å²) >= 11 is 0. The molecule has 0 saturated carbocycles. The quantitative estimate of drug-likeness (QED) is 0.253. The highest BCUT2D eigenvalue weighted by atomic mass is 16.5. The van der Waals surface area contributed by atoms with Gasteiger partial charge in [0.2, 0.25) is 0 Å². The number of hydrogen-bond acceptors (Lipinski definition) is 5. The number of aliphatic hydroxyl groups is 1. The lowest BCUT2D eigenvalue weighted by atomic mass is 9.77. The van der Waals surface area contributed by atoms with Crippen LogP contribution < -0.4 is 0 Å². The largest absolute Gasteiger partial charge is 0.469 e. The van der Waals surface area contributed by atoms with Gasteiger partial charge >= 0.3 is 5.97 Å². The highest BCUT2D eigenvalue weighted by Gasteiger charge is 2.43. The molecule has 20 heavy (non-hydrogen) atoms. The van der Waals surface area contributed by atoms with Gasteiger partial charge in [-0.2, -0.15) is 0 Å². The van der Waals surface area contributed by atoms with Crippen molar-refractivity contribution in [3.63, 3.8) is 0 Å². The SMILES string of the molecule is COC(=O)CC(O)(C/C=C/CN=[N+]=[N-])C(=O)C(C)(C)C. The van der Waals surface area contributed by atoms with Crippen LogP contribution in [0.4, 0.5) is 0 Å². The number of esters is 1. The summed E-state index contributed by atoms with van der Waals surface area (Å²) in [5.74, 6) is -1.10. The number of azide groups is 1. The van der Waals surface area contributed by atoms with Crippen molar-refractivity contribution in [1.29, 1.82) is 0 Å². The summed E-state index contributed by atoms with van der Waals surface area (Å²) in [6.45, 7) is 5.12. The van der Waals surface area contributed by atoms with Gasteiger partial charge < -0.3 is 9.84 Å². The summed E-state index contributed by atoms with van der Waals surface area (Å²) < 4.78 is 4.51. The first kappa shape index (κ1) is 18.1. The standard InChI is InChI=1S/C13H21N3O4/c1-12(2,3)11(18)13(19,9-10(17)20-4)7-5-6-8-15-16-14/h5-6,19H,7-9H2,1-4H3/b6-5+. The molecule has 0 aliphatic heterocycles. The zero-order valence-electron chi connectivity index (χ0n) is 12.3. The fourth-order valence-corrected chi connectivity index (χ4v) is 1.69. The van der Waals surface area contributed by atoms with Crippen LogP contribution in [-0.4, -0.2) is 36.1 Å². The van der Waals surface area contributed by atoms with Crippen LogP contribution in [0, 0.1) is 5.41 Å². The molecule has 0 bridgehead atoms. The normalized spacial score (nSPS) is 14.4. The maximum atomic E-state index is 12.3. The van der Waals surface area contributed by atoms with Crippen LogP contribution in [0.5, 0.6) is 0 Å². The van der Waals surface area contributed by atoms with Gasteiger partial charge in [-0.1, -0.05) is 38.0 Å². The van der Waals surface area contributed by atoms with E-state index in [0.717, 1.165) is 0 Å². The van der Waals surface area contributed by atoms with E-state index in [0.29, 0.717) is 0 Å². The molecule has 0 aromatic rings. The second-order valence-corrected chi connectivity index (χ2v) is 5.45. The minimum atomic E-state index is -1.82. The Balaban J connectivity index is 5.06. The Labute approximate surface area is 118 Å². The van der Waals surface area contributed by atoms with Gasteiger partial charge in [0.05, 0.1) is 13.5 Å². The van der Waals surface area contributed by atoms with E-state index in [1.165, 1.54) is 19.3 Å². The molecule has 0 saturated heterocycles. The number of carbonyl (C=O) groups excluding carboxylic acids is 2. The van der Waals surface area contributed by atoms with Crippen molar-refractivity contribution in [2.45, 2.75) is 39.2 Å². The van der Waals surface area contributed by atoms with Crippen molar-refractivity contribution in [3.8, 4) is 0 Å². The van der Waals surface area contributed by atoms with Crippen molar-refractivity contribution in [3.05, 3.63) is 22.6 Å². The van der Waals surface area contributed by atoms with E-state index < -0.39 is 29.2 Å². The summed E-state index contributed by atoms with van der Waals surface area (Å²) in [7, 11) is 1.20. The Bertz CT molecular complexity index is 433. The van der Waals surface area contributed by atoms with Crippen LogP contribution in [0.3, 0.4) is 0 Å². The number of ketones is 1. The number of nitrogens with zero attached hydrogens (tertiary/aromatic N) is 3. The molecular weight excluding hydrogens is 262 g/mol. The number of methoxy groups -OCH3 is 1. The minimum Gasteiger partial charge on any atom is -0.469 e. The van der Waals surface area contributed by atoms with Crippen molar-refractivity contribution >= 4 is 11.8 Å². The number of hydrogen-bond donors (Lipinski definition) is 1. The van der Waals surface area contributed by atoms with E-state index in [2.05, 4.69) is 14.8 Å². The molecule has 7 nitrogen and oxygen atoms in total. The minimum absolute atomic E-state index is 0.0425. The predicted molar refractivity (Wildman–Crippen MR) is 73.8 cm³/mol. The van der Waals surface area contributed by atoms with Crippen LogP contribution in [-0.2, 0) is 14.3 Å². The van der Waals surface area contributed by atoms with Gasteiger partial charge in [0.15, 0.2) is 5.78 Å². The third-order valence-electron chi connectivity index (χ3n) is 2.64. The first-order chi connectivity index (χ1) is 9.17. The molecule has 0 spiro atoms. The molecule has 1 unspecified atom stereocenters. The van der Waals surface area contributed by atoms with Crippen molar-refractivity contribution in [1.82, 2.24) is 0 Å². The number of carbonyl (C=O) groups is 2. The lowest BCUT2D eigenvalue weighted by Gasteiger charge is -2.31. The summed E-state index contributed by atoms with van der Waals surface area (Å²) in [5, 5.41) is 13.8. The van der Waals surface area contributed by atoms with Crippen molar-refractivity contribution < 1.29 is 19.4 Å². The maximum absolute atomic E-state index is 12.3. The Kier molecular flexibility index (Phi) is 6.96. The second kappa shape index (κ2) is 7.67. The van der Waals surface area contributed by atoms with Crippen LogP contribution >= 0.6 is 0 Å². The Morgan fingerprint density at radius 3 is 2.40 bits per heavy atom. The van der Waals surface area contributed by atoms with Gasteiger partial charge in [0.25, 0.3) is 0 Å². The topological polar surface area (TPSA) is 112 Å². The molecule has 0 aliphatic carbocycles. The number of ether oxygens (including phenoxy) is 1. The summed E-state index contributed by atoms with van der Waals surface area (Å²) in [5.41, 5.74) is 5.52. The van der Waals surface area contributed by atoms with Gasteiger partial charge in [-0.15, -0.1) is 0 Å². The van der Waals surface area contributed by atoms with E-state index in [1.54, 1.807) is 20.8 Å². The Hall–Kier alpha value is -1.85. The van der Waals surface area contributed by atoms with Gasteiger partial charge in [-0.3, -0.25) is 9.59 Å². The van der Waals surface area contributed by atoms with Crippen LogP contribution in [0.25, 0.3) is 10.4 Å². The first-order valence-corrected chi connectivity index (χ1v) is 6.17. The van der Waals surface area contributed by atoms with E-state index in [9.17, 15) is 14.7 Å². The molecule has 1 N–H and O–H groups in total. The van der Waals surface area contributed by atoms with Gasteiger partial charge in [0.1, 0.15) is 5.60 Å². The molecule has 0 fully saturated rings. The predicted octanol–water partition coefficient (Wildman–Crippen LogP) is 2.15. The summed E-state index contributed by atoms with van der Waals surface area (Å²) in [6.07, 6.45) is 2.59. The molecular formula is C13H21N3O4. The highest BCUT2D eigenvalue weighted by Crippen LogP contribution is 2.29. The lowest BCUT2D eigenvalue weighted by molar-refractivity contribution is -0.157. The van der Waals surface area contributed by atoms with Gasteiger partial charge in [-0.05, 0) is 5.53 Å². The van der Waals surface area contributed by atoms with E-state index in [4.69, 9.17) is 5.53 Å².